The number of ether oxygens (including phenoxy) is 3. The Morgan fingerprint density at radius 3 is 2.62 bits per heavy atom. The van der Waals surface area contributed by atoms with E-state index in [2.05, 4.69) is 10.4 Å². The van der Waals surface area contributed by atoms with Crippen molar-refractivity contribution in [1.82, 2.24) is 9.78 Å². The molecule has 0 fully saturated rings. The summed E-state index contributed by atoms with van der Waals surface area (Å²) in [5.41, 5.74) is -0.153. The highest BCUT2D eigenvalue weighted by molar-refractivity contribution is 7.18. The van der Waals surface area contributed by atoms with Gasteiger partial charge in [-0.1, -0.05) is 6.92 Å². The van der Waals surface area contributed by atoms with Crippen molar-refractivity contribution in [3.05, 3.63) is 68.1 Å². The number of nitro benzene ring substituents is 1. The maximum atomic E-state index is 13.5. The molecule has 0 aliphatic rings. The van der Waals surface area contributed by atoms with Crippen LogP contribution in [0.1, 0.15) is 56.3 Å². The molecule has 196 valence electrons. The molecule has 0 radical (unpaired) electrons. The van der Waals surface area contributed by atoms with E-state index in [0.717, 1.165) is 29.5 Å². The molecule has 12 nitrogen and oxygen atoms in total. The van der Waals surface area contributed by atoms with E-state index in [1.54, 1.807) is 13.8 Å². The first kappa shape index (κ1) is 27.3. The van der Waals surface area contributed by atoms with Gasteiger partial charge in [-0.2, -0.15) is 5.10 Å². The summed E-state index contributed by atoms with van der Waals surface area (Å²) in [6, 6.07) is 4.13. The minimum absolute atomic E-state index is 0.0380. The predicted octanol–water partition coefficient (Wildman–Crippen LogP) is 4.33. The zero-order valence-electron chi connectivity index (χ0n) is 20.1. The van der Waals surface area contributed by atoms with Gasteiger partial charge in [0.25, 0.3) is 5.91 Å². The van der Waals surface area contributed by atoms with Crippen LogP contribution in [0, 0.1) is 22.9 Å². The van der Waals surface area contributed by atoms with Gasteiger partial charge in [0.2, 0.25) is 5.75 Å². The third-order valence-corrected chi connectivity index (χ3v) is 6.01. The molecule has 3 rings (SSSR count). The number of thiophene rings is 1. The van der Waals surface area contributed by atoms with Gasteiger partial charge in [-0.25, -0.2) is 18.7 Å². The Kier molecular flexibility index (Phi) is 8.90. The van der Waals surface area contributed by atoms with Crippen LogP contribution in [0.5, 0.6) is 5.75 Å². The average Bonchev–Trinajstić information content (AvgIpc) is 3.46. The molecule has 1 N–H and O–H groups in total. The Labute approximate surface area is 214 Å². The summed E-state index contributed by atoms with van der Waals surface area (Å²) in [6.45, 7) is 4.96. The number of amides is 1. The zero-order chi connectivity index (χ0) is 27.1. The number of nitrogens with one attached hydrogen (secondary N) is 1. The summed E-state index contributed by atoms with van der Waals surface area (Å²) in [4.78, 5) is 48.4. The highest BCUT2D eigenvalue weighted by atomic mass is 32.1. The first-order valence-corrected chi connectivity index (χ1v) is 11.9. The molecule has 3 aromatic rings. The van der Waals surface area contributed by atoms with Gasteiger partial charge in [-0.15, -0.1) is 11.3 Å². The Morgan fingerprint density at radius 2 is 1.95 bits per heavy atom. The molecule has 0 saturated heterocycles. The number of benzene rings is 1. The maximum absolute atomic E-state index is 13.5. The number of rotatable bonds is 11. The van der Waals surface area contributed by atoms with Gasteiger partial charge in [-0.05, 0) is 38.0 Å². The van der Waals surface area contributed by atoms with Gasteiger partial charge >= 0.3 is 17.6 Å². The molecule has 1 amide bonds. The average molecular weight is 535 g/mol. The van der Waals surface area contributed by atoms with E-state index in [-0.39, 0.29) is 46.8 Å². The fraction of sp³-hybridized carbons (Fsp3) is 0.304. The van der Waals surface area contributed by atoms with Gasteiger partial charge in [0, 0.05) is 18.3 Å². The first-order valence-electron chi connectivity index (χ1n) is 11.0. The smallest absolute Gasteiger partial charge is 0.348 e. The molecular formula is C23H23FN4O8S. The second kappa shape index (κ2) is 12.1. The summed E-state index contributed by atoms with van der Waals surface area (Å²) in [7, 11) is 0. The normalized spacial score (nSPS) is 10.6. The van der Waals surface area contributed by atoms with Crippen molar-refractivity contribution in [2.45, 2.75) is 33.9 Å². The number of halogens is 1. The van der Waals surface area contributed by atoms with E-state index >= 15 is 0 Å². The van der Waals surface area contributed by atoms with Crippen molar-refractivity contribution in [3.8, 4) is 5.75 Å². The third kappa shape index (κ3) is 6.46. The lowest BCUT2D eigenvalue weighted by molar-refractivity contribution is -0.386. The summed E-state index contributed by atoms with van der Waals surface area (Å²) in [5.74, 6) is -3.05. The molecule has 1 aromatic carbocycles. The maximum Gasteiger partial charge on any atom is 0.348 e. The molecule has 0 atom stereocenters. The van der Waals surface area contributed by atoms with Crippen molar-refractivity contribution in [2.24, 2.45) is 0 Å². The summed E-state index contributed by atoms with van der Waals surface area (Å²) in [5, 5.41) is 17.8. The molecule has 0 unspecified atom stereocenters. The third-order valence-electron chi connectivity index (χ3n) is 4.82. The SMILES string of the molecule is CCCOC(=O)c1c(NC(=O)c2ccn(COc3cc(F)ccc3[N+](=O)[O-])n2)sc(C(=O)OCC)c1C. The quantitative estimate of drug-likeness (QED) is 0.215. The van der Waals surface area contributed by atoms with E-state index in [1.807, 2.05) is 6.92 Å². The number of aromatic nitrogens is 2. The molecule has 0 aliphatic carbocycles. The number of hydrogen-bond acceptors (Lipinski definition) is 10. The molecular weight excluding hydrogens is 511 g/mol. The van der Waals surface area contributed by atoms with Gasteiger partial charge in [0.05, 0.1) is 23.7 Å². The van der Waals surface area contributed by atoms with Gasteiger partial charge in [-0.3, -0.25) is 14.9 Å². The van der Waals surface area contributed by atoms with Crippen molar-refractivity contribution >= 4 is 39.9 Å². The Morgan fingerprint density at radius 1 is 1.19 bits per heavy atom. The van der Waals surface area contributed by atoms with E-state index in [0.29, 0.717) is 12.0 Å². The minimum atomic E-state index is -0.720. The fourth-order valence-corrected chi connectivity index (χ4v) is 4.20. The van der Waals surface area contributed by atoms with Crippen LogP contribution >= 0.6 is 11.3 Å². The van der Waals surface area contributed by atoms with Crippen molar-refractivity contribution in [3.63, 3.8) is 0 Å². The van der Waals surface area contributed by atoms with Crippen molar-refractivity contribution < 1.29 is 37.9 Å². The standard InChI is InChI=1S/C23H23FN4O8S/c1-4-10-35-22(30)18-13(3)19(23(31)34-5-2)37-21(18)25-20(29)15-8-9-27(26-15)12-36-17-11-14(24)6-7-16(17)28(32)33/h6-9,11H,4-5,10,12H2,1-3H3,(H,25,29). The number of carbonyl (C=O) groups is 3. The van der Waals surface area contributed by atoms with Gasteiger partial charge in [0.1, 0.15) is 15.7 Å². The van der Waals surface area contributed by atoms with Crippen LogP contribution in [0.15, 0.2) is 30.5 Å². The number of anilines is 1. The lowest BCUT2D eigenvalue weighted by atomic mass is 10.1. The van der Waals surface area contributed by atoms with E-state index < -0.39 is 34.3 Å². The van der Waals surface area contributed by atoms with Gasteiger partial charge in [0.15, 0.2) is 12.4 Å². The number of hydrogen-bond donors (Lipinski definition) is 1. The van der Waals surface area contributed by atoms with Crippen molar-refractivity contribution in [1.29, 1.82) is 0 Å². The van der Waals surface area contributed by atoms with Crippen molar-refractivity contribution in [2.75, 3.05) is 18.5 Å². The van der Waals surface area contributed by atoms with E-state index in [4.69, 9.17) is 14.2 Å². The summed E-state index contributed by atoms with van der Waals surface area (Å²) in [6.07, 6.45) is 1.96. The van der Waals surface area contributed by atoms with Crippen LogP contribution in [-0.2, 0) is 16.2 Å². The molecule has 0 bridgehead atoms. The molecule has 2 aromatic heterocycles. The summed E-state index contributed by atoms with van der Waals surface area (Å²) < 4.78 is 30.2. The second-order valence-electron chi connectivity index (χ2n) is 7.45. The van der Waals surface area contributed by atoms with E-state index in [1.165, 1.54) is 16.9 Å². The first-order chi connectivity index (χ1) is 17.7. The number of esters is 2. The lowest BCUT2D eigenvalue weighted by Crippen LogP contribution is -2.16. The van der Waals surface area contributed by atoms with Crippen LogP contribution in [0.4, 0.5) is 15.1 Å². The molecule has 0 aliphatic heterocycles. The van der Waals surface area contributed by atoms with Crippen LogP contribution in [0.2, 0.25) is 0 Å². The molecule has 14 heteroatoms. The van der Waals surface area contributed by atoms with Crippen LogP contribution in [0.3, 0.4) is 0 Å². The molecule has 0 saturated carbocycles. The number of nitrogens with zero attached hydrogens (tertiary/aromatic N) is 3. The predicted molar refractivity (Wildman–Crippen MR) is 129 cm³/mol. The molecule has 37 heavy (non-hydrogen) atoms. The minimum Gasteiger partial charge on any atom is -0.464 e. The Bertz CT molecular complexity index is 1340. The monoisotopic (exact) mass is 534 g/mol. The molecule has 2 heterocycles. The number of nitro groups is 1. The van der Waals surface area contributed by atoms with Crippen LogP contribution in [-0.4, -0.2) is 45.8 Å². The largest absolute Gasteiger partial charge is 0.464 e. The van der Waals surface area contributed by atoms with E-state index in [9.17, 15) is 28.9 Å². The highest BCUT2D eigenvalue weighted by Crippen LogP contribution is 2.34. The Hall–Kier alpha value is -4.33. The van der Waals surface area contributed by atoms with Crippen LogP contribution in [0.25, 0.3) is 0 Å². The topological polar surface area (TPSA) is 152 Å². The molecule has 0 spiro atoms. The Balaban J connectivity index is 1.79. The lowest BCUT2D eigenvalue weighted by Gasteiger charge is -2.07. The van der Waals surface area contributed by atoms with Gasteiger partial charge < -0.3 is 19.5 Å². The number of carbonyl (C=O) groups excluding carboxylic acids is 3. The second-order valence-corrected chi connectivity index (χ2v) is 8.47. The highest BCUT2D eigenvalue weighted by Gasteiger charge is 2.28. The zero-order valence-corrected chi connectivity index (χ0v) is 20.9. The summed E-state index contributed by atoms with van der Waals surface area (Å²) >= 11 is 0.873. The van der Waals surface area contributed by atoms with Crippen LogP contribution < -0.4 is 10.1 Å². The fourth-order valence-electron chi connectivity index (χ4n) is 3.12.